The van der Waals surface area contributed by atoms with E-state index in [9.17, 15) is 9.59 Å². The van der Waals surface area contributed by atoms with Gasteiger partial charge in [-0.3, -0.25) is 9.59 Å². The first kappa shape index (κ1) is 14.1. The Morgan fingerprint density at radius 2 is 1.86 bits per heavy atom. The number of carbonyl (C=O) groups excluding carboxylic acids is 1. The second-order valence-electron chi connectivity index (χ2n) is 6.24. The fourth-order valence-corrected chi connectivity index (χ4v) is 3.45. The zero-order valence-electron chi connectivity index (χ0n) is 12.6. The second-order valence-corrected chi connectivity index (χ2v) is 6.24. The van der Waals surface area contributed by atoms with Crippen molar-refractivity contribution in [3.05, 3.63) is 46.4 Å². The standard InChI is InChI=1S/C18H21NO2/c1-12(20)13-3-5-14(6-4-13)15-7-8-17-16(11-15)9-10-19(2)18(17)21/h7-11,13-14H,3-6H2,1-2H3. The van der Waals surface area contributed by atoms with Crippen molar-refractivity contribution < 1.29 is 4.79 Å². The molecule has 0 atom stereocenters. The van der Waals surface area contributed by atoms with Crippen molar-refractivity contribution >= 4 is 16.6 Å². The summed E-state index contributed by atoms with van der Waals surface area (Å²) in [5.74, 6) is 1.11. The van der Waals surface area contributed by atoms with Crippen molar-refractivity contribution in [3.63, 3.8) is 0 Å². The lowest BCUT2D eigenvalue weighted by Gasteiger charge is -2.27. The Hall–Kier alpha value is -1.90. The van der Waals surface area contributed by atoms with Gasteiger partial charge in [0.2, 0.25) is 0 Å². The molecule has 0 amide bonds. The lowest BCUT2D eigenvalue weighted by Crippen LogP contribution is -2.19. The molecule has 0 spiro atoms. The number of ketones is 1. The number of carbonyl (C=O) groups is 1. The van der Waals surface area contributed by atoms with E-state index < -0.39 is 0 Å². The second kappa shape index (κ2) is 5.47. The molecule has 0 radical (unpaired) electrons. The number of fused-ring (bicyclic) bond motifs is 1. The van der Waals surface area contributed by atoms with Crippen LogP contribution in [0.25, 0.3) is 10.8 Å². The molecule has 0 N–H and O–H groups in total. The molecule has 3 rings (SSSR count). The first-order valence-electron chi connectivity index (χ1n) is 7.66. The van der Waals surface area contributed by atoms with Crippen LogP contribution in [0.2, 0.25) is 0 Å². The van der Waals surface area contributed by atoms with Crippen LogP contribution in [0, 0.1) is 5.92 Å². The molecule has 1 heterocycles. The number of Topliss-reactive ketones (excluding diaryl/α,β-unsaturated/α-hetero) is 1. The highest BCUT2D eigenvalue weighted by atomic mass is 16.1. The molecule has 1 aromatic carbocycles. The fourth-order valence-electron chi connectivity index (χ4n) is 3.45. The van der Waals surface area contributed by atoms with Gasteiger partial charge in [-0.15, -0.1) is 0 Å². The third-order valence-electron chi connectivity index (χ3n) is 4.88. The summed E-state index contributed by atoms with van der Waals surface area (Å²) in [6.07, 6.45) is 5.95. The van der Waals surface area contributed by atoms with Gasteiger partial charge in [-0.1, -0.05) is 12.1 Å². The van der Waals surface area contributed by atoms with Gasteiger partial charge in [-0.25, -0.2) is 0 Å². The highest BCUT2D eigenvalue weighted by molar-refractivity contribution is 5.82. The van der Waals surface area contributed by atoms with Gasteiger partial charge in [0.1, 0.15) is 5.78 Å². The summed E-state index contributed by atoms with van der Waals surface area (Å²) in [6.45, 7) is 1.71. The van der Waals surface area contributed by atoms with Crippen LogP contribution in [0.3, 0.4) is 0 Å². The molecule has 3 heteroatoms. The molecule has 0 saturated heterocycles. The number of rotatable bonds is 2. The molecule has 0 unspecified atom stereocenters. The van der Waals surface area contributed by atoms with Crippen LogP contribution < -0.4 is 5.56 Å². The summed E-state index contributed by atoms with van der Waals surface area (Å²) in [5, 5.41) is 1.80. The van der Waals surface area contributed by atoms with E-state index in [0.29, 0.717) is 11.7 Å². The number of aromatic nitrogens is 1. The van der Waals surface area contributed by atoms with Crippen molar-refractivity contribution in [2.45, 2.75) is 38.5 Å². The summed E-state index contributed by atoms with van der Waals surface area (Å²) in [5.41, 5.74) is 1.36. The lowest BCUT2D eigenvalue weighted by molar-refractivity contribution is -0.121. The summed E-state index contributed by atoms with van der Waals surface area (Å²) < 4.78 is 1.61. The molecule has 0 aliphatic heterocycles. The van der Waals surface area contributed by atoms with Crippen LogP contribution in [0.4, 0.5) is 0 Å². The van der Waals surface area contributed by atoms with Crippen LogP contribution in [0.15, 0.2) is 35.3 Å². The van der Waals surface area contributed by atoms with Crippen molar-refractivity contribution in [1.82, 2.24) is 4.57 Å². The number of benzene rings is 1. The third-order valence-corrected chi connectivity index (χ3v) is 4.88. The maximum atomic E-state index is 12.1. The van der Waals surface area contributed by atoms with Gasteiger partial charge >= 0.3 is 0 Å². The predicted molar refractivity (Wildman–Crippen MR) is 84.6 cm³/mol. The Labute approximate surface area is 124 Å². The minimum absolute atomic E-state index is 0.0549. The van der Waals surface area contributed by atoms with Gasteiger partial charge in [0.15, 0.2) is 0 Å². The number of pyridine rings is 1. The van der Waals surface area contributed by atoms with E-state index in [-0.39, 0.29) is 11.5 Å². The van der Waals surface area contributed by atoms with Gasteiger partial charge in [-0.05, 0) is 61.6 Å². The molecule has 2 aromatic rings. The quantitative estimate of drug-likeness (QED) is 0.847. The van der Waals surface area contributed by atoms with E-state index >= 15 is 0 Å². The molecule has 1 aromatic heterocycles. The number of nitrogens with zero attached hydrogens (tertiary/aromatic N) is 1. The Morgan fingerprint density at radius 3 is 2.52 bits per heavy atom. The lowest BCUT2D eigenvalue weighted by atomic mass is 9.77. The zero-order chi connectivity index (χ0) is 15.0. The highest BCUT2D eigenvalue weighted by Crippen LogP contribution is 2.36. The average molecular weight is 283 g/mol. The van der Waals surface area contributed by atoms with Gasteiger partial charge in [0.05, 0.1) is 0 Å². The Morgan fingerprint density at radius 1 is 1.14 bits per heavy atom. The summed E-state index contributed by atoms with van der Waals surface area (Å²) >= 11 is 0. The first-order valence-corrected chi connectivity index (χ1v) is 7.66. The predicted octanol–water partition coefficient (Wildman–Crippen LogP) is 3.40. The maximum absolute atomic E-state index is 12.1. The van der Waals surface area contributed by atoms with Crippen LogP contribution in [-0.2, 0) is 11.8 Å². The Kier molecular flexibility index (Phi) is 3.66. The summed E-state index contributed by atoms with van der Waals surface area (Å²) in [4.78, 5) is 23.5. The van der Waals surface area contributed by atoms with Gasteiger partial charge in [0.25, 0.3) is 5.56 Å². The SMILES string of the molecule is CC(=O)C1CCC(c2ccc3c(=O)n(C)ccc3c2)CC1. The van der Waals surface area contributed by atoms with Crippen molar-refractivity contribution in [2.24, 2.45) is 13.0 Å². The largest absolute Gasteiger partial charge is 0.318 e. The minimum atomic E-state index is 0.0549. The summed E-state index contributed by atoms with van der Waals surface area (Å²) in [6, 6.07) is 8.18. The minimum Gasteiger partial charge on any atom is -0.318 e. The zero-order valence-corrected chi connectivity index (χ0v) is 12.6. The molecule has 1 aliphatic rings. The third kappa shape index (κ3) is 2.65. The average Bonchev–Trinajstić information content (AvgIpc) is 2.51. The van der Waals surface area contributed by atoms with Crippen molar-refractivity contribution in [2.75, 3.05) is 0 Å². The molecule has 3 nitrogen and oxygen atoms in total. The first-order chi connectivity index (χ1) is 10.1. The molecule has 110 valence electrons. The highest BCUT2D eigenvalue weighted by Gasteiger charge is 2.25. The Balaban J connectivity index is 1.87. The van der Waals surface area contributed by atoms with Gasteiger partial charge < -0.3 is 4.57 Å². The van der Waals surface area contributed by atoms with Crippen LogP contribution in [0.5, 0.6) is 0 Å². The maximum Gasteiger partial charge on any atom is 0.258 e. The molecule has 21 heavy (non-hydrogen) atoms. The smallest absolute Gasteiger partial charge is 0.258 e. The number of aryl methyl sites for hydroxylation is 1. The van der Waals surface area contributed by atoms with Crippen molar-refractivity contribution in [1.29, 1.82) is 0 Å². The van der Waals surface area contributed by atoms with E-state index in [1.165, 1.54) is 5.56 Å². The molecule has 1 saturated carbocycles. The number of hydrogen-bond acceptors (Lipinski definition) is 2. The molecule has 1 fully saturated rings. The topological polar surface area (TPSA) is 39.1 Å². The normalized spacial score (nSPS) is 22.4. The molecular formula is C18H21NO2. The molecule has 0 bridgehead atoms. The van der Waals surface area contributed by atoms with E-state index in [2.05, 4.69) is 12.1 Å². The molecule has 1 aliphatic carbocycles. The monoisotopic (exact) mass is 283 g/mol. The van der Waals surface area contributed by atoms with E-state index in [4.69, 9.17) is 0 Å². The van der Waals surface area contributed by atoms with E-state index in [1.54, 1.807) is 18.5 Å². The Bertz CT molecular complexity index is 736. The van der Waals surface area contributed by atoms with Gasteiger partial charge in [-0.2, -0.15) is 0 Å². The van der Waals surface area contributed by atoms with E-state index in [0.717, 1.165) is 36.5 Å². The fraction of sp³-hybridized carbons (Fsp3) is 0.444. The van der Waals surface area contributed by atoms with E-state index in [1.807, 2.05) is 18.3 Å². The van der Waals surface area contributed by atoms with Crippen LogP contribution in [0.1, 0.15) is 44.1 Å². The van der Waals surface area contributed by atoms with Crippen molar-refractivity contribution in [3.8, 4) is 0 Å². The summed E-state index contributed by atoms with van der Waals surface area (Å²) in [7, 11) is 1.78. The number of hydrogen-bond donors (Lipinski definition) is 0. The van der Waals surface area contributed by atoms with Crippen LogP contribution >= 0.6 is 0 Å². The van der Waals surface area contributed by atoms with Crippen LogP contribution in [-0.4, -0.2) is 10.4 Å². The molecular weight excluding hydrogens is 262 g/mol. The van der Waals surface area contributed by atoms with Gasteiger partial charge in [0, 0.05) is 24.5 Å².